The molecule has 2 aromatic carbocycles. The lowest BCUT2D eigenvalue weighted by Gasteiger charge is -2.25. The molecule has 38 heavy (non-hydrogen) atoms. The Balaban J connectivity index is 1.76. The van der Waals surface area contributed by atoms with Crippen molar-refractivity contribution in [1.29, 1.82) is 0 Å². The highest BCUT2D eigenvalue weighted by molar-refractivity contribution is 5.81. The van der Waals surface area contributed by atoms with E-state index in [9.17, 15) is 28.6 Å². The highest BCUT2D eigenvalue weighted by atomic mass is 19.1. The molecule has 1 fully saturated rings. The van der Waals surface area contributed by atoms with Gasteiger partial charge in [-0.2, -0.15) is 4.98 Å². The van der Waals surface area contributed by atoms with E-state index < -0.39 is 47.5 Å². The minimum Gasteiger partial charge on any atom is -0.480 e. The monoisotopic (exact) mass is 527 g/mol. The summed E-state index contributed by atoms with van der Waals surface area (Å²) in [6, 6.07) is 12.2. The van der Waals surface area contributed by atoms with Crippen LogP contribution in [0.5, 0.6) is 17.5 Å². The van der Waals surface area contributed by atoms with Crippen LogP contribution in [-0.4, -0.2) is 45.8 Å². The van der Waals surface area contributed by atoms with Crippen molar-refractivity contribution in [3.05, 3.63) is 65.7 Å². The first kappa shape index (κ1) is 26.8. The molecular weight excluding hydrogens is 500 g/mol. The number of anilines is 1. The van der Waals surface area contributed by atoms with E-state index >= 15 is 0 Å². The Morgan fingerprint density at radius 2 is 1.87 bits per heavy atom. The van der Waals surface area contributed by atoms with Gasteiger partial charge in [0.15, 0.2) is 17.7 Å². The maximum Gasteiger partial charge on any atom is 0.344 e. The molecule has 9 nitrogen and oxygen atoms in total. The van der Waals surface area contributed by atoms with E-state index in [-0.39, 0.29) is 12.2 Å². The Bertz CT molecular complexity index is 1350. The van der Waals surface area contributed by atoms with Crippen LogP contribution >= 0.6 is 0 Å². The molecule has 2 heterocycles. The summed E-state index contributed by atoms with van der Waals surface area (Å²) in [4.78, 5) is 28.6. The van der Waals surface area contributed by atoms with Crippen molar-refractivity contribution in [2.75, 3.05) is 11.4 Å². The van der Waals surface area contributed by atoms with Gasteiger partial charge < -0.3 is 30.3 Å². The Morgan fingerprint density at radius 1 is 1.11 bits per heavy atom. The maximum absolute atomic E-state index is 14.7. The van der Waals surface area contributed by atoms with Gasteiger partial charge in [0.25, 0.3) is 11.8 Å². The molecule has 0 radical (unpaired) electrons. The highest BCUT2D eigenvalue weighted by Crippen LogP contribution is 2.37. The summed E-state index contributed by atoms with van der Waals surface area (Å²) in [6.07, 6.45) is -0.215. The predicted octanol–water partition coefficient (Wildman–Crippen LogP) is 4.57. The number of ether oxygens (including phenoxy) is 2. The molecule has 0 bridgehead atoms. The van der Waals surface area contributed by atoms with E-state index in [1.807, 2.05) is 30.3 Å². The molecule has 1 aliphatic rings. The molecular formula is C27H27F2N3O6. The number of aromatic nitrogens is 1. The van der Waals surface area contributed by atoms with Crippen LogP contribution < -0.4 is 20.1 Å². The topological polar surface area (TPSA) is 135 Å². The highest BCUT2D eigenvalue weighted by Gasteiger charge is 2.31. The quantitative estimate of drug-likeness (QED) is 0.346. The minimum atomic E-state index is -1.39. The molecule has 1 aliphatic heterocycles. The van der Waals surface area contributed by atoms with Gasteiger partial charge in [0.05, 0.1) is 0 Å². The molecule has 1 unspecified atom stereocenters. The van der Waals surface area contributed by atoms with Crippen LogP contribution in [0.3, 0.4) is 0 Å². The fourth-order valence-electron chi connectivity index (χ4n) is 4.33. The zero-order valence-corrected chi connectivity index (χ0v) is 20.6. The second-order valence-corrected chi connectivity index (χ2v) is 8.83. The number of hydrogen-bond donors (Lipinski definition) is 3. The zero-order chi connectivity index (χ0) is 27.4. The second kappa shape index (κ2) is 11.4. The summed E-state index contributed by atoms with van der Waals surface area (Å²) in [7, 11) is 0. The van der Waals surface area contributed by atoms with Gasteiger partial charge in [-0.25, -0.2) is 18.4 Å². The van der Waals surface area contributed by atoms with Crippen LogP contribution in [0.2, 0.25) is 0 Å². The summed E-state index contributed by atoms with van der Waals surface area (Å²) < 4.78 is 39.9. The van der Waals surface area contributed by atoms with Crippen molar-refractivity contribution in [1.82, 2.24) is 4.98 Å². The van der Waals surface area contributed by atoms with Crippen molar-refractivity contribution in [3.63, 3.8) is 0 Å². The van der Waals surface area contributed by atoms with Gasteiger partial charge in [-0.1, -0.05) is 25.1 Å². The third kappa shape index (κ3) is 5.83. The maximum atomic E-state index is 14.7. The lowest BCUT2D eigenvalue weighted by atomic mass is 10.0. The molecule has 0 spiro atoms. The van der Waals surface area contributed by atoms with Gasteiger partial charge in [-0.15, -0.1) is 0 Å². The van der Waals surface area contributed by atoms with Crippen LogP contribution in [0, 0.1) is 11.6 Å². The average Bonchev–Trinajstić information content (AvgIpc) is 3.40. The summed E-state index contributed by atoms with van der Waals surface area (Å²) in [6.45, 7) is 2.34. The second-order valence-electron chi connectivity index (χ2n) is 8.83. The standard InChI is InChI=1S/C27H27F2N3O6/c1-2-23(27(35)36)38-25-21(29)13-20(28)24(31-25)37-19-11-17(16-6-3-5-15(9-16)14-30)10-18(12-19)32-8-4-7-22(32)26(33)34/h3,5-6,9-13,22-23H,2,4,7-8,14,30H2,1H3,(H,33,34)(H,35,36)/t22?,23-/m1/s1. The summed E-state index contributed by atoms with van der Waals surface area (Å²) in [5, 5.41) is 18.9. The first-order chi connectivity index (χ1) is 18.2. The number of halogens is 2. The van der Waals surface area contributed by atoms with Crippen LogP contribution in [0.1, 0.15) is 31.7 Å². The summed E-state index contributed by atoms with van der Waals surface area (Å²) in [5.74, 6) is -5.82. The van der Waals surface area contributed by atoms with Gasteiger partial charge in [0.2, 0.25) is 0 Å². The Morgan fingerprint density at radius 3 is 2.55 bits per heavy atom. The van der Waals surface area contributed by atoms with Crippen LogP contribution in [-0.2, 0) is 16.1 Å². The fourth-order valence-corrected chi connectivity index (χ4v) is 4.33. The number of aliphatic carboxylic acids is 2. The van der Waals surface area contributed by atoms with Gasteiger partial charge in [0, 0.05) is 30.9 Å². The normalized spacial score (nSPS) is 15.8. The largest absolute Gasteiger partial charge is 0.480 e. The third-order valence-electron chi connectivity index (χ3n) is 6.24. The number of hydrogen-bond acceptors (Lipinski definition) is 7. The number of pyridine rings is 1. The number of carbonyl (C=O) groups is 2. The van der Waals surface area contributed by atoms with Crippen LogP contribution in [0.4, 0.5) is 14.5 Å². The number of carboxylic acids is 2. The number of benzene rings is 2. The van der Waals surface area contributed by atoms with Gasteiger partial charge in [-0.3, -0.25) is 0 Å². The molecule has 2 atom stereocenters. The van der Waals surface area contributed by atoms with E-state index in [0.717, 1.165) is 11.1 Å². The van der Waals surface area contributed by atoms with E-state index in [1.165, 1.54) is 6.92 Å². The molecule has 3 aromatic rings. The lowest BCUT2D eigenvalue weighted by Crippen LogP contribution is -2.35. The first-order valence-corrected chi connectivity index (χ1v) is 12.1. The number of nitrogens with two attached hydrogens (primary N) is 1. The van der Waals surface area contributed by atoms with Gasteiger partial charge in [0.1, 0.15) is 11.8 Å². The van der Waals surface area contributed by atoms with Crippen LogP contribution in [0.25, 0.3) is 11.1 Å². The Hall–Kier alpha value is -4.25. The predicted molar refractivity (Wildman–Crippen MR) is 134 cm³/mol. The average molecular weight is 528 g/mol. The van der Waals surface area contributed by atoms with Crippen LogP contribution in [0.15, 0.2) is 48.5 Å². The smallest absolute Gasteiger partial charge is 0.344 e. The molecule has 200 valence electrons. The number of rotatable bonds is 10. The van der Waals surface area contributed by atoms with Crippen molar-refractivity contribution >= 4 is 17.6 Å². The summed E-state index contributed by atoms with van der Waals surface area (Å²) >= 11 is 0. The van der Waals surface area contributed by atoms with Crippen molar-refractivity contribution < 1.29 is 38.1 Å². The molecule has 0 amide bonds. The molecule has 0 aliphatic carbocycles. The van der Waals surface area contributed by atoms with E-state index in [0.29, 0.717) is 43.2 Å². The SMILES string of the molecule is CC[C@@H](Oc1nc(Oc2cc(-c3cccc(CN)c3)cc(N3CCCC3C(=O)O)c2)c(F)cc1F)C(=O)O. The van der Waals surface area contributed by atoms with Crippen molar-refractivity contribution in [2.45, 2.75) is 44.9 Å². The molecule has 1 saturated heterocycles. The zero-order valence-electron chi connectivity index (χ0n) is 20.6. The van der Waals surface area contributed by atoms with Gasteiger partial charge in [-0.05, 0) is 54.2 Å². The molecule has 11 heteroatoms. The Labute approximate surface area is 217 Å². The summed E-state index contributed by atoms with van der Waals surface area (Å²) in [5.41, 5.74) is 8.62. The minimum absolute atomic E-state index is 0.0257. The number of nitrogens with zero attached hydrogens (tertiary/aromatic N) is 2. The van der Waals surface area contributed by atoms with E-state index in [2.05, 4.69) is 4.98 Å². The number of carboxylic acid groups (broad SMARTS) is 2. The molecule has 1 aromatic heterocycles. The fraction of sp³-hybridized carbons (Fsp3) is 0.296. The third-order valence-corrected chi connectivity index (χ3v) is 6.24. The van der Waals surface area contributed by atoms with Crippen molar-refractivity contribution in [2.24, 2.45) is 5.73 Å². The van der Waals surface area contributed by atoms with Gasteiger partial charge >= 0.3 is 11.9 Å². The Kier molecular flexibility index (Phi) is 8.06. The lowest BCUT2D eigenvalue weighted by molar-refractivity contribution is -0.145. The first-order valence-electron chi connectivity index (χ1n) is 12.1. The molecule has 4 rings (SSSR count). The molecule has 4 N–H and O–H groups in total. The molecule has 0 saturated carbocycles. The van der Waals surface area contributed by atoms with E-state index in [1.54, 1.807) is 17.0 Å². The van der Waals surface area contributed by atoms with Crippen molar-refractivity contribution in [3.8, 4) is 28.6 Å². The van der Waals surface area contributed by atoms with E-state index in [4.69, 9.17) is 15.2 Å².